The largest absolute Gasteiger partial charge is 0.478 e. The molecule has 0 fully saturated rings. The van der Waals surface area contributed by atoms with Gasteiger partial charge >= 0.3 is 6.61 Å². The molecule has 0 saturated carbocycles. The Hall–Kier alpha value is -3.14. The van der Waals surface area contributed by atoms with Crippen LogP contribution in [0.4, 0.5) is 19.0 Å². The number of hydrogen-bond acceptors (Lipinski definition) is 6. The molecule has 10 heteroatoms. The molecule has 0 spiro atoms. The zero-order chi connectivity index (χ0) is 21.7. The molecule has 3 rings (SSSR count). The van der Waals surface area contributed by atoms with Gasteiger partial charge in [-0.1, -0.05) is 0 Å². The molecule has 2 aromatic heterocycles. The highest BCUT2D eigenvalue weighted by Crippen LogP contribution is 2.27. The summed E-state index contributed by atoms with van der Waals surface area (Å²) < 4.78 is 49.2. The Kier molecular flexibility index (Phi) is 6.88. The van der Waals surface area contributed by atoms with Crippen LogP contribution in [0.2, 0.25) is 0 Å². The fraction of sp³-hybridized carbons (Fsp3) is 0.350. The number of nitrogens with two attached hydrogens (primary N) is 1. The van der Waals surface area contributed by atoms with Crippen molar-refractivity contribution in [2.75, 3.05) is 19.5 Å². The first-order chi connectivity index (χ1) is 14.4. The van der Waals surface area contributed by atoms with Crippen molar-refractivity contribution in [1.82, 2.24) is 14.5 Å². The second-order valence-corrected chi connectivity index (χ2v) is 6.58. The Balaban J connectivity index is 1.79. The predicted molar refractivity (Wildman–Crippen MR) is 106 cm³/mol. The van der Waals surface area contributed by atoms with Crippen molar-refractivity contribution in [2.45, 2.75) is 32.4 Å². The maximum Gasteiger partial charge on any atom is 0.345 e. The van der Waals surface area contributed by atoms with Crippen LogP contribution >= 0.6 is 0 Å². The molecule has 0 bridgehead atoms. The lowest BCUT2D eigenvalue weighted by Gasteiger charge is -2.10. The standard InChI is InChI=1S/C20H21F3N4O3/c1-29-18-17(24)26-16(11-25-18)14-9-12-5-7-27(19(28)13(12)10-15(14)21)6-3-2-4-8-30-20(22)23/h5,7,9-11,20H,2-4,6,8H2,1H3,(H2,24,26). The Bertz CT molecular complexity index is 1090. The molecule has 0 aliphatic heterocycles. The van der Waals surface area contributed by atoms with E-state index in [0.29, 0.717) is 31.2 Å². The van der Waals surface area contributed by atoms with E-state index in [4.69, 9.17) is 10.5 Å². The number of unbranched alkanes of at least 4 members (excludes halogenated alkanes) is 2. The SMILES string of the molecule is COc1ncc(-c2cc3ccn(CCCCCOC(F)F)c(=O)c3cc2F)nc1N. The first-order valence-electron chi connectivity index (χ1n) is 9.30. The van der Waals surface area contributed by atoms with Gasteiger partial charge in [0.15, 0.2) is 5.82 Å². The number of aryl methyl sites for hydroxylation is 1. The van der Waals surface area contributed by atoms with Crippen LogP contribution < -0.4 is 16.0 Å². The molecule has 0 radical (unpaired) electrons. The number of hydrogen-bond donors (Lipinski definition) is 1. The molecule has 2 N–H and O–H groups in total. The molecule has 160 valence electrons. The van der Waals surface area contributed by atoms with Crippen LogP contribution in [-0.2, 0) is 11.3 Å². The number of pyridine rings is 1. The number of ether oxygens (including phenoxy) is 2. The second kappa shape index (κ2) is 9.57. The summed E-state index contributed by atoms with van der Waals surface area (Å²) in [7, 11) is 1.40. The van der Waals surface area contributed by atoms with Crippen molar-refractivity contribution in [3.05, 3.63) is 46.8 Å². The predicted octanol–water partition coefficient (Wildman–Crippen LogP) is 3.60. The van der Waals surface area contributed by atoms with E-state index >= 15 is 0 Å². The van der Waals surface area contributed by atoms with E-state index in [1.165, 1.54) is 30.0 Å². The van der Waals surface area contributed by atoms with E-state index < -0.39 is 12.4 Å². The maximum absolute atomic E-state index is 14.7. The lowest BCUT2D eigenvalue weighted by Crippen LogP contribution is -2.19. The number of fused-ring (bicyclic) bond motifs is 1. The maximum atomic E-state index is 14.7. The van der Waals surface area contributed by atoms with E-state index in [-0.39, 0.29) is 40.5 Å². The Morgan fingerprint density at radius 1 is 1.23 bits per heavy atom. The number of nitrogens with zero attached hydrogens (tertiary/aromatic N) is 3. The minimum Gasteiger partial charge on any atom is -0.478 e. The van der Waals surface area contributed by atoms with Crippen molar-refractivity contribution in [2.24, 2.45) is 0 Å². The Labute approximate surface area is 170 Å². The summed E-state index contributed by atoms with van der Waals surface area (Å²) in [6.45, 7) is -2.40. The summed E-state index contributed by atoms with van der Waals surface area (Å²) in [4.78, 5) is 20.8. The van der Waals surface area contributed by atoms with Crippen molar-refractivity contribution in [1.29, 1.82) is 0 Å². The molecule has 0 aliphatic carbocycles. The summed E-state index contributed by atoms with van der Waals surface area (Å²) in [5.74, 6) is -0.451. The molecule has 0 amide bonds. The van der Waals surface area contributed by atoms with Gasteiger partial charge in [-0.3, -0.25) is 4.79 Å². The van der Waals surface area contributed by atoms with Crippen LogP contribution in [0.5, 0.6) is 5.88 Å². The molecule has 7 nitrogen and oxygen atoms in total. The van der Waals surface area contributed by atoms with Crippen LogP contribution in [0.25, 0.3) is 22.0 Å². The minimum absolute atomic E-state index is 0.0307. The quantitative estimate of drug-likeness (QED) is 0.530. The first kappa shape index (κ1) is 21.6. The molecule has 0 unspecified atom stereocenters. The third kappa shape index (κ3) is 4.88. The van der Waals surface area contributed by atoms with E-state index in [2.05, 4.69) is 14.7 Å². The third-order valence-electron chi connectivity index (χ3n) is 4.59. The van der Waals surface area contributed by atoms with Gasteiger partial charge in [-0.25, -0.2) is 14.4 Å². The Morgan fingerprint density at radius 3 is 2.73 bits per heavy atom. The first-order valence-corrected chi connectivity index (χ1v) is 9.30. The number of methoxy groups -OCH3 is 1. The zero-order valence-electron chi connectivity index (χ0n) is 16.3. The van der Waals surface area contributed by atoms with E-state index in [0.717, 1.165) is 0 Å². The number of benzene rings is 1. The molecule has 0 saturated heterocycles. The lowest BCUT2D eigenvalue weighted by molar-refractivity contribution is -0.129. The van der Waals surface area contributed by atoms with Gasteiger partial charge in [-0.15, -0.1) is 0 Å². The summed E-state index contributed by atoms with van der Waals surface area (Å²) in [6.07, 6.45) is 4.67. The average molecular weight is 422 g/mol. The highest BCUT2D eigenvalue weighted by atomic mass is 19.3. The fourth-order valence-corrected chi connectivity index (χ4v) is 3.09. The highest BCUT2D eigenvalue weighted by Gasteiger charge is 2.14. The van der Waals surface area contributed by atoms with Crippen LogP contribution in [0.1, 0.15) is 19.3 Å². The second-order valence-electron chi connectivity index (χ2n) is 6.58. The van der Waals surface area contributed by atoms with Crippen molar-refractivity contribution in [3.8, 4) is 17.1 Å². The number of anilines is 1. The van der Waals surface area contributed by atoms with Crippen molar-refractivity contribution < 1.29 is 22.6 Å². The van der Waals surface area contributed by atoms with E-state index in [1.54, 1.807) is 12.3 Å². The van der Waals surface area contributed by atoms with Crippen LogP contribution in [0.3, 0.4) is 0 Å². The molecule has 0 aliphatic rings. The summed E-state index contributed by atoms with van der Waals surface area (Å²) in [6, 6.07) is 4.40. The summed E-state index contributed by atoms with van der Waals surface area (Å²) in [5.41, 5.74) is 5.81. The zero-order valence-corrected chi connectivity index (χ0v) is 16.3. The molecular weight excluding hydrogens is 401 g/mol. The molecule has 2 heterocycles. The fourth-order valence-electron chi connectivity index (χ4n) is 3.09. The number of halogens is 3. The third-order valence-corrected chi connectivity index (χ3v) is 4.59. The smallest absolute Gasteiger partial charge is 0.345 e. The monoisotopic (exact) mass is 422 g/mol. The van der Waals surface area contributed by atoms with Gasteiger partial charge in [0, 0.05) is 18.3 Å². The van der Waals surface area contributed by atoms with Crippen LogP contribution in [0.15, 0.2) is 35.4 Å². The summed E-state index contributed by atoms with van der Waals surface area (Å²) >= 11 is 0. The Morgan fingerprint density at radius 2 is 2.03 bits per heavy atom. The number of nitrogen functional groups attached to an aromatic ring is 1. The number of alkyl halides is 2. The average Bonchev–Trinajstić information content (AvgIpc) is 2.72. The summed E-state index contributed by atoms with van der Waals surface area (Å²) in [5, 5.41) is 0.781. The number of rotatable bonds is 9. The molecule has 3 aromatic rings. The van der Waals surface area contributed by atoms with E-state index in [1.807, 2.05) is 0 Å². The molecule has 0 atom stereocenters. The highest BCUT2D eigenvalue weighted by molar-refractivity contribution is 5.86. The normalized spacial score (nSPS) is 11.4. The van der Waals surface area contributed by atoms with Crippen molar-refractivity contribution >= 4 is 16.6 Å². The van der Waals surface area contributed by atoms with Gasteiger partial charge in [0.25, 0.3) is 11.4 Å². The lowest BCUT2D eigenvalue weighted by atomic mass is 10.1. The topological polar surface area (TPSA) is 92.3 Å². The molecule has 30 heavy (non-hydrogen) atoms. The van der Waals surface area contributed by atoms with Crippen molar-refractivity contribution in [3.63, 3.8) is 0 Å². The van der Waals surface area contributed by atoms with Gasteiger partial charge < -0.3 is 19.8 Å². The van der Waals surface area contributed by atoms with Crippen LogP contribution in [-0.4, -0.2) is 34.9 Å². The van der Waals surface area contributed by atoms with E-state index in [9.17, 15) is 18.0 Å². The number of aromatic nitrogens is 3. The van der Waals surface area contributed by atoms with Gasteiger partial charge in [0.1, 0.15) is 5.82 Å². The molecular formula is C20H21F3N4O3. The minimum atomic E-state index is -2.77. The van der Waals surface area contributed by atoms with Gasteiger partial charge in [-0.05, 0) is 42.8 Å². The van der Waals surface area contributed by atoms with Gasteiger partial charge in [0.2, 0.25) is 0 Å². The van der Waals surface area contributed by atoms with Gasteiger partial charge in [-0.2, -0.15) is 8.78 Å². The van der Waals surface area contributed by atoms with Crippen LogP contribution in [0, 0.1) is 5.82 Å². The molecule has 1 aromatic carbocycles. The van der Waals surface area contributed by atoms with Gasteiger partial charge in [0.05, 0.1) is 31.0 Å².